The summed E-state index contributed by atoms with van der Waals surface area (Å²) in [5, 5.41) is 4.35. The van der Waals surface area contributed by atoms with Gasteiger partial charge in [0.05, 0.1) is 33.6 Å². The first kappa shape index (κ1) is 21.1. The Hall–Kier alpha value is -3.77. The Morgan fingerprint density at radius 2 is 1.76 bits per heavy atom. The zero-order valence-electron chi connectivity index (χ0n) is 18.5. The number of carbonyl (C=O) groups excluding carboxylic acids is 1. The van der Waals surface area contributed by atoms with Gasteiger partial charge in [0.2, 0.25) is 0 Å². The van der Waals surface area contributed by atoms with Crippen molar-refractivity contribution in [3.63, 3.8) is 0 Å². The summed E-state index contributed by atoms with van der Waals surface area (Å²) in [6.45, 7) is 4.69. The second-order valence-corrected chi connectivity index (χ2v) is 8.69. The van der Waals surface area contributed by atoms with Crippen molar-refractivity contribution < 1.29 is 9.53 Å². The number of aryl methyl sites for hydroxylation is 1. The fourth-order valence-electron chi connectivity index (χ4n) is 3.80. The lowest BCUT2D eigenvalue weighted by Crippen LogP contribution is -2.13. The Balaban J connectivity index is 1.51. The summed E-state index contributed by atoms with van der Waals surface area (Å²) in [6, 6.07) is 23.6. The van der Waals surface area contributed by atoms with E-state index < -0.39 is 0 Å². The number of anilines is 1. The lowest BCUT2D eigenvalue weighted by molar-refractivity contribution is 0.102. The fraction of sp³-hybridized carbons (Fsp3) is 0.148. The summed E-state index contributed by atoms with van der Waals surface area (Å²) in [4.78, 5) is 22.7. The molecule has 0 spiro atoms. The van der Waals surface area contributed by atoms with Crippen molar-refractivity contribution in [1.29, 1.82) is 0 Å². The van der Waals surface area contributed by atoms with Crippen LogP contribution in [0.15, 0.2) is 72.8 Å². The summed E-state index contributed by atoms with van der Waals surface area (Å²) in [6.07, 6.45) is 0.979. The zero-order valence-corrected chi connectivity index (χ0v) is 19.3. The molecule has 164 valence electrons. The van der Waals surface area contributed by atoms with Crippen LogP contribution in [0.2, 0.25) is 0 Å². The molecule has 1 N–H and O–H groups in total. The molecule has 0 radical (unpaired) electrons. The highest BCUT2D eigenvalue weighted by Crippen LogP contribution is 2.31. The number of aromatic nitrogens is 2. The first-order valence-corrected chi connectivity index (χ1v) is 11.8. The maximum atomic E-state index is 13.4. The summed E-state index contributed by atoms with van der Waals surface area (Å²) >= 11 is 1.43. The minimum absolute atomic E-state index is 0.205. The van der Waals surface area contributed by atoms with E-state index in [0.717, 1.165) is 44.5 Å². The normalized spacial score (nSPS) is 11.1. The Labute approximate surface area is 196 Å². The van der Waals surface area contributed by atoms with Crippen LogP contribution in [0.4, 0.5) is 5.13 Å². The van der Waals surface area contributed by atoms with Gasteiger partial charge in [-0.3, -0.25) is 10.1 Å². The number of carbonyl (C=O) groups is 1. The highest BCUT2D eigenvalue weighted by Gasteiger charge is 2.16. The molecule has 0 aliphatic heterocycles. The van der Waals surface area contributed by atoms with Crippen molar-refractivity contribution >= 4 is 43.5 Å². The van der Waals surface area contributed by atoms with Crippen LogP contribution in [0.1, 0.15) is 29.8 Å². The second-order valence-electron chi connectivity index (χ2n) is 7.66. The number of hydrogen-bond donors (Lipinski definition) is 1. The lowest BCUT2D eigenvalue weighted by atomic mass is 10.0. The van der Waals surface area contributed by atoms with E-state index >= 15 is 0 Å². The van der Waals surface area contributed by atoms with Crippen molar-refractivity contribution in [2.75, 3.05) is 11.9 Å². The van der Waals surface area contributed by atoms with Crippen LogP contribution >= 0.6 is 11.3 Å². The fourth-order valence-corrected chi connectivity index (χ4v) is 4.69. The third-order valence-corrected chi connectivity index (χ3v) is 6.44. The highest BCUT2D eigenvalue weighted by atomic mass is 32.1. The molecule has 0 fully saturated rings. The van der Waals surface area contributed by atoms with Gasteiger partial charge in [-0.05, 0) is 49.2 Å². The van der Waals surface area contributed by atoms with Crippen molar-refractivity contribution in [2.24, 2.45) is 0 Å². The molecule has 0 saturated carbocycles. The molecular weight excluding hydrogens is 430 g/mol. The van der Waals surface area contributed by atoms with Crippen LogP contribution in [0.25, 0.3) is 32.4 Å². The number of ether oxygens (including phenoxy) is 1. The number of para-hydroxylation sites is 1. The van der Waals surface area contributed by atoms with Crippen molar-refractivity contribution in [3.8, 4) is 17.0 Å². The average Bonchev–Trinajstić information content (AvgIpc) is 3.25. The largest absolute Gasteiger partial charge is 0.494 e. The monoisotopic (exact) mass is 453 g/mol. The van der Waals surface area contributed by atoms with E-state index in [9.17, 15) is 4.79 Å². The standard InChI is InChI=1S/C27H23N3O2S/c1-3-17-9-11-18(12-10-17)24-16-21(20-7-5-6-8-22(20)28-24)26(31)30-27-29-23-14-13-19(32-4-2)15-25(23)33-27/h5-16H,3-4H2,1-2H3,(H,29,30,31). The van der Waals surface area contributed by atoms with Crippen LogP contribution in [0.3, 0.4) is 0 Å². The van der Waals surface area contributed by atoms with Crippen molar-refractivity contribution in [1.82, 2.24) is 9.97 Å². The molecule has 0 aliphatic rings. The topological polar surface area (TPSA) is 64.1 Å². The third-order valence-electron chi connectivity index (χ3n) is 5.51. The first-order chi connectivity index (χ1) is 16.1. The van der Waals surface area contributed by atoms with E-state index in [1.54, 1.807) is 0 Å². The second kappa shape index (κ2) is 9.00. The van der Waals surface area contributed by atoms with Crippen LogP contribution < -0.4 is 10.1 Å². The maximum Gasteiger partial charge on any atom is 0.258 e. The van der Waals surface area contributed by atoms with Crippen LogP contribution in [-0.4, -0.2) is 22.5 Å². The van der Waals surface area contributed by atoms with E-state index in [4.69, 9.17) is 9.72 Å². The molecule has 6 heteroatoms. The zero-order chi connectivity index (χ0) is 22.8. The van der Waals surface area contributed by atoms with Crippen LogP contribution in [0, 0.1) is 0 Å². The summed E-state index contributed by atoms with van der Waals surface area (Å²) in [5.41, 5.74) is 5.20. The van der Waals surface area contributed by atoms with Gasteiger partial charge < -0.3 is 4.74 Å². The molecule has 0 unspecified atom stereocenters. The number of nitrogens with one attached hydrogen (secondary N) is 1. The molecule has 0 bridgehead atoms. The number of amides is 1. The van der Waals surface area contributed by atoms with Gasteiger partial charge in [-0.1, -0.05) is 60.7 Å². The van der Waals surface area contributed by atoms with Gasteiger partial charge in [0.1, 0.15) is 5.75 Å². The molecule has 1 amide bonds. The van der Waals surface area contributed by atoms with Gasteiger partial charge in [0.15, 0.2) is 5.13 Å². The minimum atomic E-state index is -0.205. The Kier molecular flexibility index (Phi) is 5.75. The molecule has 0 saturated heterocycles. The maximum absolute atomic E-state index is 13.4. The van der Waals surface area contributed by atoms with Gasteiger partial charge in [0, 0.05) is 10.9 Å². The molecule has 0 atom stereocenters. The summed E-state index contributed by atoms with van der Waals surface area (Å²) in [7, 11) is 0. The third kappa shape index (κ3) is 4.30. The number of thiazole rings is 1. The average molecular weight is 454 g/mol. The Morgan fingerprint density at radius 1 is 0.939 bits per heavy atom. The van der Waals surface area contributed by atoms with E-state index in [1.165, 1.54) is 16.9 Å². The number of fused-ring (bicyclic) bond motifs is 2. The molecule has 5 aromatic rings. The highest BCUT2D eigenvalue weighted by molar-refractivity contribution is 7.22. The van der Waals surface area contributed by atoms with Gasteiger partial charge in [-0.2, -0.15) is 0 Å². The Bertz CT molecular complexity index is 1460. The smallest absolute Gasteiger partial charge is 0.258 e. The van der Waals surface area contributed by atoms with Gasteiger partial charge >= 0.3 is 0 Å². The first-order valence-electron chi connectivity index (χ1n) is 11.0. The molecule has 2 heterocycles. The molecule has 33 heavy (non-hydrogen) atoms. The van der Waals surface area contributed by atoms with Crippen molar-refractivity contribution in [2.45, 2.75) is 20.3 Å². The predicted molar refractivity (Wildman–Crippen MR) is 135 cm³/mol. The number of pyridine rings is 1. The predicted octanol–water partition coefficient (Wildman–Crippen LogP) is 6.72. The van der Waals surface area contributed by atoms with Crippen LogP contribution in [0.5, 0.6) is 5.75 Å². The SMILES string of the molecule is CCOc1ccc2nc(NC(=O)c3cc(-c4ccc(CC)cc4)nc4ccccc34)sc2c1. The molecular formula is C27H23N3O2S. The minimum Gasteiger partial charge on any atom is -0.494 e. The van der Waals surface area contributed by atoms with E-state index in [0.29, 0.717) is 17.3 Å². The quantitative estimate of drug-likeness (QED) is 0.310. The van der Waals surface area contributed by atoms with Gasteiger partial charge in [-0.25, -0.2) is 9.97 Å². The molecule has 0 aliphatic carbocycles. The number of hydrogen-bond acceptors (Lipinski definition) is 5. The number of benzene rings is 3. The Morgan fingerprint density at radius 3 is 2.55 bits per heavy atom. The van der Waals surface area contributed by atoms with Crippen molar-refractivity contribution in [3.05, 3.63) is 83.9 Å². The van der Waals surface area contributed by atoms with E-state index in [1.807, 2.05) is 55.5 Å². The van der Waals surface area contributed by atoms with E-state index in [2.05, 4.69) is 41.5 Å². The number of rotatable bonds is 6. The molecule has 2 aromatic heterocycles. The summed E-state index contributed by atoms with van der Waals surface area (Å²) < 4.78 is 6.54. The van der Waals surface area contributed by atoms with Gasteiger partial charge in [0.25, 0.3) is 5.91 Å². The molecule has 5 rings (SSSR count). The van der Waals surface area contributed by atoms with E-state index in [-0.39, 0.29) is 5.91 Å². The summed E-state index contributed by atoms with van der Waals surface area (Å²) in [5.74, 6) is 0.592. The van der Waals surface area contributed by atoms with Gasteiger partial charge in [-0.15, -0.1) is 0 Å². The lowest BCUT2D eigenvalue weighted by Gasteiger charge is -2.10. The molecule has 5 nitrogen and oxygen atoms in total. The van der Waals surface area contributed by atoms with Crippen LogP contribution in [-0.2, 0) is 6.42 Å². The number of nitrogens with zero attached hydrogens (tertiary/aromatic N) is 2. The molecule has 3 aromatic carbocycles.